The lowest BCUT2D eigenvalue weighted by molar-refractivity contribution is -0.113. The second kappa shape index (κ2) is 3.61. The zero-order valence-corrected chi connectivity index (χ0v) is 11.2. The molecule has 4 bridgehead atoms. The molecule has 0 aromatic carbocycles. The molecule has 1 N–H and O–H groups in total. The topological polar surface area (TPSA) is 29.1 Å². The number of carbonyl (C=O) groups excluding carboxylic acids is 1. The van der Waals surface area contributed by atoms with E-state index >= 15 is 0 Å². The van der Waals surface area contributed by atoms with Crippen LogP contribution in [-0.4, -0.2) is 12.3 Å². The minimum absolute atomic E-state index is 0.210. The molecule has 98 valence electrons. The molecule has 2 heteroatoms. The van der Waals surface area contributed by atoms with Gasteiger partial charge in [-0.1, -0.05) is 6.08 Å². The number of ketones is 1. The van der Waals surface area contributed by atoms with E-state index in [2.05, 4.69) is 11.4 Å². The fourth-order valence-electron chi connectivity index (χ4n) is 5.81. The first-order valence-corrected chi connectivity index (χ1v) is 7.61. The first-order valence-electron chi connectivity index (χ1n) is 7.61. The molecule has 2 nitrogen and oxygen atoms in total. The quantitative estimate of drug-likeness (QED) is 0.810. The zero-order chi connectivity index (χ0) is 12.3. The summed E-state index contributed by atoms with van der Waals surface area (Å²) in [5.74, 6) is 3.86. The highest BCUT2D eigenvalue weighted by Gasteiger charge is 2.54. The molecule has 0 amide bonds. The molecule has 5 aliphatic rings. The van der Waals surface area contributed by atoms with Gasteiger partial charge in [0.2, 0.25) is 0 Å². The lowest BCUT2D eigenvalue weighted by Gasteiger charge is -2.58. The van der Waals surface area contributed by atoms with Crippen molar-refractivity contribution in [3.8, 4) is 0 Å². The molecule has 1 atom stereocenters. The summed E-state index contributed by atoms with van der Waals surface area (Å²) in [7, 11) is 0. The van der Waals surface area contributed by atoms with Gasteiger partial charge in [-0.05, 0) is 61.7 Å². The van der Waals surface area contributed by atoms with Gasteiger partial charge in [-0.25, -0.2) is 0 Å². The highest BCUT2D eigenvalue weighted by atomic mass is 16.1. The number of carbonyl (C=O) groups is 1. The molecular formula is C16H23NO. The van der Waals surface area contributed by atoms with E-state index in [1.54, 1.807) is 6.92 Å². The molecule has 0 aromatic heterocycles. The number of Topliss-reactive ketones (excluding diaryl/α,β-unsaturated/α-hetero) is 1. The van der Waals surface area contributed by atoms with Crippen LogP contribution >= 0.6 is 0 Å². The SMILES string of the molecule is CC(=O)C1=CC(C23CC4CC(CC(C4)C2)C3)CN1. The van der Waals surface area contributed by atoms with Crippen LogP contribution in [0.1, 0.15) is 45.4 Å². The molecule has 5 rings (SSSR count). The average Bonchev–Trinajstić information content (AvgIpc) is 2.76. The van der Waals surface area contributed by atoms with Crippen LogP contribution in [0.5, 0.6) is 0 Å². The van der Waals surface area contributed by atoms with E-state index in [9.17, 15) is 4.79 Å². The van der Waals surface area contributed by atoms with Gasteiger partial charge < -0.3 is 5.32 Å². The first-order chi connectivity index (χ1) is 8.64. The van der Waals surface area contributed by atoms with Crippen molar-refractivity contribution in [1.29, 1.82) is 0 Å². The third-order valence-corrected chi connectivity index (χ3v) is 6.13. The second-order valence-electron chi connectivity index (χ2n) is 7.40. The molecule has 4 fully saturated rings. The normalized spacial score (nSPS) is 49.1. The fourth-order valence-corrected chi connectivity index (χ4v) is 5.81. The largest absolute Gasteiger partial charge is 0.382 e. The molecule has 4 saturated carbocycles. The third kappa shape index (κ3) is 1.50. The molecule has 1 unspecified atom stereocenters. The van der Waals surface area contributed by atoms with E-state index in [-0.39, 0.29) is 5.78 Å². The van der Waals surface area contributed by atoms with Gasteiger partial charge in [0, 0.05) is 19.4 Å². The van der Waals surface area contributed by atoms with E-state index in [0.29, 0.717) is 11.3 Å². The maximum Gasteiger partial charge on any atom is 0.175 e. The molecular weight excluding hydrogens is 222 g/mol. The van der Waals surface area contributed by atoms with Crippen LogP contribution in [0.15, 0.2) is 11.8 Å². The summed E-state index contributed by atoms with van der Waals surface area (Å²) in [6, 6.07) is 0. The molecule has 0 radical (unpaired) electrons. The maximum atomic E-state index is 11.5. The van der Waals surface area contributed by atoms with Gasteiger partial charge in [0.15, 0.2) is 5.78 Å². The highest BCUT2D eigenvalue weighted by Crippen LogP contribution is 2.63. The summed E-state index contributed by atoms with van der Waals surface area (Å²) in [5, 5.41) is 3.34. The smallest absolute Gasteiger partial charge is 0.175 e. The van der Waals surface area contributed by atoms with Gasteiger partial charge in [-0.15, -0.1) is 0 Å². The van der Waals surface area contributed by atoms with Crippen molar-refractivity contribution in [3.05, 3.63) is 11.8 Å². The minimum atomic E-state index is 0.210. The van der Waals surface area contributed by atoms with E-state index in [4.69, 9.17) is 0 Å². The fraction of sp³-hybridized carbons (Fsp3) is 0.812. The van der Waals surface area contributed by atoms with Crippen molar-refractivity contribution in [3.63, 3.8) is 0 Å². The Labute approximate surface area is 109 Å². The summed E-state index contributed by atoms with van der Waals surface area (Å²) in [6.07, 6.45) is 11.1. The van der Waals surface area contributed by atoms with Crippen LogP contribution in [0, 0.1) is 29.1 Å². The molecule has 1 aliphatic heterocycles. The lowest BCUT2D eigenvalue weighted by atomic mass is 9.46. The van der Waals surface area contributed by atoms with Crippen LogP contribution in [0.25, 0.3) is 0 Å². The Morgan fingerprint density at radius 2 is 1.72 bits per heavy atom. The van der Waals surface area contributed by atoms with E-state index in [0.717, 1.165) is 30.0 Å². The Bertz CT molecular complexity index is 388. The van der Waals surface area contributed by atoms with Gasteiger partial charge >= 0.3 is 0 Å². The number of nitrogens with one attached hydrogen (secondary N) is 1. The lowest BCUT2D eigenvalue weighted by Crippen LogP contribution is -2.50. The van der Waals surface area contributed by atoms with Gasteiger partial charge in [-0.2, -0.15) is 0 Å². The average molecular weight is 245 g/mol. The maximum absolute atomic E-state index is 11.5. The first kappa shape index (κ1) is 11.1. The van der Waals surface area contributed by atoms with Crippen molar-refractivity contribution in [2.24, 2.45) is 29.1 Å². The number of allylic oxidation sites excluding steroid dienone is 1. The van der Waals surface area contributed by atoms with Crippen LogP contribution in [0.2, 0.25) is 0 Å². The Hall–Kier alpha value is -0.790. The van der Waals surface area contributed by atoms with E-state index in [1.165, 1.54) is 38.5 Å². The molecule has 4 aliphatic carbocycles. The standard InChI is InChI=1S/C16H23NO/c1-10(18)15-5-14(9-17-15)16-6-11-2-12(7-16)4-13(3-11)8-16/h5,11-14,17H,2-4,6-9H2,1H3. The van der Waals surface area contributed by atoms with Crippen molar-refractivity contribution < 1.29 is 4.79 Å². The second-order valence-corrected chi connectivity index (χ2v) is 7.40. The molecule has 18 heavy (non-hydrogen) atoms. The predicted octanol–water partition coefficient (Wildman–Crippen LogP) is 2.90. The minimum Gasteiger partial charge on any atom is -0.382 e. The predicted molar refractivity (Wildman–Crippen MR) is 70.9 cm³/mol. The Kier molecular flexibility index (Phi) is 2.22. The van der Waals surface area contributed by atoms with Gasteiger partial charge in [0.05, 0.1) is 5.70 Å². The van der Waals surface area contributed by atoms with Gasteiger partial charge in [0.1, 0.15) is 0 Å². The Balaban J connectivity index is 1.63. The van der Waals surface area contributed by atoms with Crippen molar-refractivity contribution in [2.75, 3.05) is 6.54 Å². The molecule has 0 spiro atoms. The van der Waals surface area contributed by atoms with Crippen molar-refractivity contribution in [1.82, 2.24) is 5.32 Å². The molecule has 0 aromatic rings. The Morgan fingerprint density at radius 3 is 2.17 bits per heavy atom. The molecule has 0 saturated heterocycles. The van der Waals surface area contributed by atoms with Crippen LogP contribution in [0.4, 0.5) is 0 Å². The van der Waals surface area contributed by atoms with Crippen LogP contribution in [-0.2, 0) is 4.79 Å². The highest BCUT2D eigenvalue weighted by molar-refractivity contribution is 5.93. The summed E-state index contributed by atoms with van der Waals surface area (Å²) >= 11 is 0. The number of rotatable bonds is 2. The van der Waals surface area contributed by atoms with Crippen LogP contribution < -0.4 is 5.32 Å². The van der Waals surface area contributed by atoms with Crippen molar-refractivity contribution >= 4 is 5.78 Å². The monoisotopic (exact) mass is 245 g/mol. The van der Waals surface area contributed by atoms with E-state index in [1.807, 2.05) is 0 Å². The van der Waals surface area contributed by atoms with Crippen molar-refractivity contribution in [2.45, 2.75) is 45.4 Å². The molecule has 1 heterocycles. The van der Waals surface area contributed by atoms with E-state index < -0.39 is 0 Å². The number of hydrogen-bond donors (Lipinski definition) is 1. The number of hydrogen-bond acceptors (Lipinski definition) is 2. The summed E-state index contributed by atoms with van der Waals surface area (Å²) in [4.78, 5) is 11.5. The zero-order valence-electron chi connectivity index (χ0n) is 11.2. The summed E-state index contributed by atoms with van der Waals surface area (Å²) < 4.78 is 0. The Morgan fingerprint density at radius 1 is 1.17 bits per heavy atom. The summed E-state index contributed by atoms with van der Waals surface area (Å²) in [5.41, 5.74) is 1.44. The van der Waals surface area contributed by atoms with Crippen LogP contribution in [0.3, 0.4) is 0 Å². The summed E-state index contributed by atoms with van der Waals surface area (Å²) in [6.45, 7) is 2.70. The van der Waals surface area contributed by atoms with Gasteiger partial charge in [0.25, 0.3) is 0 Å². The third-order valence-electron chi connectivity index (χ3n) is 6.13. The van der Waals surface area contributed by atoms with Gasteiger partial charge in [-0.3, -0.25) is 4.79 Å².